The summed E-state index contributed by atoms with van der Waals surface area (Å²) in [6.07, 6.45) is 4.48. The van der Waals surface area contributed by atoms with E-state index in [1.807, 2.05) is 4.68 Å². The smallest absolute Gasteiger partial charge is 0.178 e. The number of hydrogen-bond acceptors (Lipinski definition) is 5. The van der Waals surface area contributed by atoms with Gasteiger partial charge in [0, 0.05) is 32.7 Å². The molecule has 1 aliphatic heterocycles. The van der Waals surface area contributed by atoms with Gasteiger partial charge in [-0.25, -0.2) is 0 Å². The van der Waals surface area contributed by atoms with Crippen molar-refractivity contribution in [2.45, 2.75) is 19.9 Å². The van der Waals surface area contributed by atoms with Gasteiger partial charge in [0.05, 0.1) is 11.7 Å². The number of aromatic nitrogens is 4. The SMILES string of the molecule is Cc1cccc(C)c1-n1nnnc1C(c1ccc2ccccc2c1)N1CCN(C/C=C/c2ccccc2)CC1. The highest BCUT2D eigenvalue weighted by Crippen LogP contribution is 2.32. The van der Waals surface area contributed by atoms with Crippen LogP contribution in [0.5, 0.6) is 0 Å². The molecule has 1 aromatic heterocycles. The molecule has 0 radical (unpaired) electrons. The first-order valence-electron chi connectivity index (χ1n) is 13.7. The highest BCUT2D eigenvalue weighted by molar-refractivity contribution is 5.83. The quantitative estimate of drug-likeness (QED) is 0.273. The first-order valence-corrected chi connectivity index (χ1v) is 13.7. The van der Waals surface area contributed by atoms with E-state index < -0.39 is 0 Å². The summed E-state index contributed by atoms with van der Waals surface area (Å²) in [6, 6.07) is 32.1. The lowest BCUT2D eigenvalue weighted by Gasteiger charge is -2.38. The average molecular weight is 515 g/mol. The zero-order valence-electron chi connectivity index (χ0n) is 22.6. The molecule has 0 N–H and O–H groups in total. The van der Waals surface area contributed by atoms with Crippen LogP contribution >= 0.6 is 0 Å². The van der Waals surface area contributed by atoms with Gasteiger partial charge in [0.1, 0.15) is 0 Å². The summed E-state index contributed by atoms with van der Waals surface area (Å²) in [5.41, 5.74) is 5.85. The van der Waals surface area contributed by atoms with Crippen molar-refractivity contribution in [2.24, 2.45) is 0 Å². The second-order valence-electron chi connectivity index (χ2n) is 10.3. The van der Waals surface area contributed by atoms with Gasteiger partial charge in [-0.15, -0.1) is 5.10 Å². The van der Waals surface area contributed by atoms with E-state index in [1.165, 1.54) is 21.9 Å². The van der Waals surface area contributed by atoms with Crippen LogP contribution in [0.4, 0.5) is 0 Å². The molecule has 2 heterocycles. The second kappa shape index (κ2) is 11.3. The largest absolute Gasteiger partial charge is 0.297 e. The van der Waals surface area contributed by atoms with Crippen LogP contribution in [0.1, 0.15) is 34.1 Å². The summed E-state index contributed by atoms with van der Waals surface area (Å²) < 4.78 is 1.96. The number of hydrogen-bond donors (Lipinski definition) is 0. The zero-order valence-corrected chi connectivity index (χ0v) is 22.6. The van der Waals surface area contributed by atoms with Crippen molar-refractivity contribution in [1.29, 1.82) is 0 Å². The summed E-state index contributed by atoms with van der Waals surface area (Å²) in [7, 11) is 0. The van der Waals surface area contributed by atoms with E-state index in [4.69, 9.17) is 0 Å². The number of benzene rings is 4. The van der Waals surface area contributed by atoms with Crippen LogP contribution in [0.2, 0.25) is 0 Å². The lowest BCUT2D eigenvalue weighted by Crippen LogP contribution is -2.48. The Bertz CT molecular complexity index is 1560. The Labute approximate surface area is 230 Å². The fourth-order valence-corrected chi connectivity index (χ4v) is 5.67. The predicted octanol–water partition coefficient (Wildman–Crippen LogP) is 5.85. The molecular formula is C33H34N6. The first-order chi connectivity index (χ1) is 19.2. The molecule has 0 spiro atoms. The number of aryl methyl sites for hydroxylation is 2. The highest BCUT2D eigenvalue weighted by atomic mass is 15.6. The molecule has 4 aromatic carbocycles. The highest BCUT2D eigenvalue weighted by Gasteiger charge is 2.31. The van der Waals surface area contributed by atoms with Crippen molar-refractivity contribution in [1.82, 2.24) is 30.0 Å². The van der Waals surface area contributed by atoms with Crippen LogP contribution in [0.15, 0.2) is 97.1 Å². The van der Waals surface area contributed by atoms with Gasteiger partial charge in [0.2, 0.25) is 0 Å². The van der Waals surface area contributed by atoms with Crippen molar-refractivity contribution in [2.75, 3.05) is 32.7 Å². The standard InChI is InChI=1S/C33H34N6/c1-25-10-8-11-26(2)31(25)39-33(34-35-36-39)32(30-18-17-28-15-6-7-16-29(28)24-30)38-22-20-37(21-23-38)19-9-14-27-12-4-3-5-13-27/h3-18,24,32H,19-23H2,1-2H3/b14-9+. The Balaban J connectivity index is 1.30. The Morgan fingerprint density at radius 2 is 1.49 bits per heavy atom. The van der Waals surface area contributed by atoms with Crippen molar-refractivity contribution in [3.63, 3.8) is 0 Å². The Hall–Kier alpha value is -4.13. The van der Waals surface area contributed by atoms with Crippen LogP contribution in [0, 0.1) is 13.8 Å². The van der Waals surface area contributed by atoms with E-state index in [-0.39, 0.29) is 6.04 Å². The van der Waals surface area contributed by atoms with Gasteiger partial charge in [-0.05, 0) is 63.4 Å². The van der Waals surface area contributed by atoms with Gasteiger partial charge >= 0.3 is 0 Å². The molecule has 0 amide bonds. The minimum atomic E-state index is -0.0503. The molecule has 1 saturated heterocycles. The van der Waals surface area contributed by atoms with E-state index in [0.29, 0.717) is 0 Å². The fourth-order valence-electron chi connectivity index (χ4n) is 5.67. The normalized spacial score (nSPS) is 15.7. The predicted molar refractivity (Wildman–Crippen MR) is 158 cm³/mol. The van der Waals surface area contributed by atoms with Gasteiger partial charge in [-0.2, -0.15) is 4.68 Å². The molecule has 0 saturated carbocycles. The number of para-hydroxylation sites is 1. The Morgan fingerprint density at radius 3 is 2.26 bits per heavy atom. The van der Waals surface area contributed by atoms with Crippen molar-refractivity contribution >= 4 is 16.8 Å². The summed E-state index contributed by atoms with van der Waals surface area (Å²) in [4.78, 5) is 5.05. The van der Waals surface area contributed by atoms with Crippen LogP contribution < -0.4 is 0 Å². The van der Waals surface area contributed by atoms with Gasteiger partial charge in [0.15, 0.2) is 5.82 Å². The number of piperazine rings is 1. The van der Waals surface area contributed by atoms with Crippen LogP contribution in [-0.2, 0) is 0 Å². The zero-order chi connectivity index (χ0) is 26.6. The summed E-state index contributed by atoms with van der Waals surface area (Å²) >= 11 is 0. The maximum Gasteiger partial charge on any atom is 0.178 e. The second-order valence-corrected chi connectivity index (χ2v) is 10.3. The molecule has 6 rings (SSSR count). The number of fused-ring (bicyclic) bond motifs is 1. The minimum absolute atomic E-state index is 0.0503. The fraction of sp³-hybridized carbons (Fsp3) is 0.242. The molecule has 196 valence electrons. The lowest BCUT2D eigenvalue weighted by molar-refractivity contribution is 0.113. The molecule has 1 atom stereocenters. The first kappa shape index (κ1) is 25.2. The van der Waals surface area contributed by atoms with Crippen molar-refractivity contribution in [3.8, 4) is 5.69 Å². The van der Waals surface area contributed by atoms with Crippen molar-refractivity contribution < 1.29 is 0 Å². The molecule has 6 nitrogen and oxygen atoms in total. The molecule has 0 bridgehead atoms. The summed E-state index contributed by atoms with van der Waals surface area (Å²) in [5, 5.41) is 15.8. The molecule has 39 heavy (non-hydrogen) atoms. The van der Waals surface area contributed by atoms with Crippen LogP contribution in [0.25, 0.3) is 22.5 Å². The van der Waals surface area contributed by atoms with E-state index in [9.17, 15) is 0 Å². The van der Waals surface area contributed by atoms with Crippen LogP contribution in [0.3, 0.4) is 0 Å². The van der Waals surface area contributed by atoms with E-state index in [0.717, 1.165) is 55.4 Å². The third-order valence-corrected chi connectivity index (χ3v) is 7.72. The van der Waals surface area contributed by atoms with Gasteiger partial charge in [-0.3, -0.25) is 9.80 Å². The summed E-state index contributed by atoms with van der Waals surface area (Å²) in [6.45, 7) is 9.07. The van der Waals surface area contributed by atoms with Gasteiger partial charge in [0.25, 0.3) is 0 Å². The number of rotatable bonds is 7. The maximum atomic E-state index is 4.64. The maximum absolute atomic E-state index is 4.64. The Kier molecular flexibility index (Phi) is 7.30. The molecule has 1 unspecified atom stereocenters. The van der Waals surface area contributed by atoms with Crippen LogP contribution in [-0.4, -0.2) is 62.7 Å². The molecule has 1 fully saturated rings. The van der Waals surface area contributed by atoms with Gasteiger partial charge < -0.3 is 0 Å². The van der Waals surface area contributed by atoms with E-state index in [1.54, 1.807) is 0 Å². The minimum Gasteiger partial charge on any atom is -0.297 e. The molecular weight excluding hydrogens is 480 g/mol. The molecule has 5 aromatic rings. The summed E-state index contributed by atoms with van der Waals surface area (Å²) in [5.74, 6) is 0.861. The molecule has 1 aliphatic rings. The topological polar surface area (TPSA) is 50.1 Å². The number of tetrazole rings is 1. The third-order valence-electron chi connectivity index (χ3n) is 7.72. The monoisotopic (exact) mass is 514 g/mol. The van der Waals surface area contributed by atoms with E-state index in [2.05, 4.69) is 142 Å². The van der Waals surface area contributed by atoms with Crippen molar-refractivity contribution in [3.05, 3.63) is 125 Å². The number of nitrogens with zero attached hydrogens (tertiary/aromatic N) is 6. The lowest BCUT2D eigenvalue weighted by atomic mass is 9.99. The van der Waals surface area contributed by atoms with E-state index >= 15 is 0 Å². The Morgan fingerprint density at radius 1 is 0.769 bits per heavy atom. The molecule has 0 aliphatic carbocycles. The van der Waals surface area contributed by atoms with Gasteiger partial charge in [-0.1, -0.05) is 97.1 Å². The molecule has 6 heteroatoms. The average Bonchev–Trinajstić information content (AvgIpc) is 3.43. The third kappa shape index (κ3) is 5.39.